The van der Waals surface area contributed by atoms with Crippen molar-refractivity contribution in [3.63, 3.8) is 0 Å². The first kappa shape index (κ1) is 11.1. The number of nitrogens with zero attached hydrogens (tertiary/aromatic N) is 2. The van der Waals surface area contributed by atoms with Crippen LogP contribution in [0.1, 0.15) is 31.0 Å². The highest BCUT2D eigenvalue weighted by atomic mass is 32.2. The van der Waals surface area contributed by atoms with Crippen LogP contribution < -0.4 is 10.6 Å². The molecule has 92 valence electrons. The third-order valence-electron chi connectivity index (χ3n) is 3.22. The molecule has 2 heterocycles. The van der Waals surface area contributed by atoms with E-state index < -0.39 is 0 Å². The first-order chi connectivity index (χ1) is 8.35. The molecule has 2 aliphatic rings. The van der Waals surface area contributed by atoms with Crippen LogP contribution in [0.15, 0.2) is 6.07 Å². The summed E-state index contributed by atoms with van der Waals surface area (Å²) < 4.78 is 0. The van der Waals surface area contributed by atoms with Crippen molar-refractivity contribution in [1.82, 2.24) is 9.97 Å². The van der Waals surface area contributed by atoms with Gasteiger partial charge in [0.2, 0.25) is 0 Å². The van der Waals surface area contributed by atoms with Gasteiger partial charge in [0.25, 0.3) is 0 Å². The Morgan fingerprint density at radius 2 is 2.06 bits per heavy atom. The van der Waals surface area contributed by atoms with E-state index in [1.54, 1.807) is 0 Å². The van der Waals surface area contributed by atoms with Gasteiger partial charge in [0.15, 0.2) is 0 Å². The molecule has 2 fully saturated rings. The molecule has 0 radical (unpaired) electrons. The minimum absolute atomic E-state index is 0.576. The van der Waals surface area contributed by atoms with Crippen molar-refractivity contribution >= 4 is 23.4 Å². The van der Waals surface area contributed by atoms with E-state index in [1.807, 2.05) is 24.9 Å². The lowest BCUT2D eigenvalue weighted by molar-refractivity contribution is 0.799. The topological polar surface area (TPSA) is 49.8 Å². The molecule has 1 aromatic rings. The lowest BCUT2D eigenvalue weighted by atomic mass is 10.2. The van der Waals surface area contributed by atoms with E-state index in [-0.39, 0.29) is 0 Å². The van der Waals surface area contributed by atoms with Crippen LogP contribution in [0.3, 0.4) is 0 Å². The van der Waals surface area contributed by atoms with Gasteiger partial charge in [0.1, 0.15) is 17.5 Å². The Morgan fingerprint density at radius 3 is 2.71 bits per heavy atom. The van der Waals surface area contributed by atoms with Crippen molar-refractivity contribution < 1.29 is 0 Å². The maximum Gasteiger partial charge on any atom is 0.136 e. The van der Waals surface area contributed by atoms with Crippen molar-refractivity contribution in [3.05, 3.63) is 11.9 Å². The van der Waals surface area contributed by atoms with Crippen molar-refractivity contribution in [2.24, 2.45) is 0 Å². The molecule has 1 unspecified atom stereocenters. The number of thioether (sulfide) groups is 1. The van der Waals surface area contributed by atoms with Gasteiger partial charge in [0.05, 0.1) is 0 Å². The third kappa shape index (κ3) is 2.65. The Labute approximate surface area is 106 Å². The van der Waals surface area contributed by atoms with Crippen LogP contribution in [0.5, 0.6) is 0 Å². The fraction of sp³-hybridized carbons (Fsp3) is 0.667. The molecular formula is C12H18N4S. The zero-order chi connectivity index (χ0) is 11.7. The van der Waals surface area contributed by atoms with E-state index in [4.69, 9.17) is 0 Å². The zero-order valence-electron chi connectivity index (χ0n) is 10.1. The van der Waals surface area contributed by atoms with Gasteiger partial charge >= 0.3 is 0 Å². The lowest BCUT2D eigenvalue weighted by Gasteiger charge is -2.13. The van der Waals surface area contributed by atoms with Gasteiger partial charge in [-0.2, -0.15) is 11.8 Å². The summed E-state index contributed by atoms with van der Waals surface area (Å²) in [5.41, 5.74) is 0. The fourth-order valence-electron chi connectivity index (χ4n) is 2.05. The summed E-state index contributed by atoms with van der Waals surface area (Å²) in [6, 6.07) is 2.58. The van der Waals surface area contributed by atoms with Crippen molar-refractivity contribution in [2.75, 3.05) is 29.2 Å². The Kier molecular flexibility index (Phi) is 3.09. The number of hydrogen-bond donors (Lipinski definition) is 2. The second kappa shape index (κ2) is 4.72. The van der Waals surface area contributed by atoms with E-state index >= 15 is 0 Å². The Bertz CT molecular complexity index is 399. The molecule has 17 heavy (non-hydrogen) atoms. The summed E-state index contributed by atoms with van der Waals surface area (Å²) in [5.74, 6) is 5.97. The molecule has 5 heteroatoms. The molecule has 0 aromatic carbocycles. The summed E-state index contributed by atoms with van der Waals surface area (Å²) in [5, 5.41) is 6.65. The summed E-state index contributed by atoms with van der Waals surface area (Å²) in [6.45, 7) is 0. The Hall–Kier alpha value is -0.970. The molecule has 2 N–H and O–H groups in total. The number of anilines is 2. The van der Waals surface area contributed by atoms with Crippen LogP contribution in [-0.4, -0.2) is 34.6 Å². The largest absolute Gasteiger partial charge is 0.373 e. The molecule has 1 atom stereocenters. The molecule has 1 aliphatic heterocycles. The van der Waals surface area contributed by atoms with Gasteiger partial charge in [0, 0.05) is 30.8 Å². The zero-order valence-corrected chi connectivity index (χ0v) is 10.9. The average molecular weight is 250 g/mol. The van der Waals surface area contributed by atoms with Gasteiger partial charge < -0.3 is 10.6 Å². The highest BCUT2D eigenvalue weighted by Gasteiger charge is 2.27. The molecule has 1 saturated heterocycles. The first-order valence-electron chi connectivity index (χ1n) is 6.26. The number of nitrogens with one attached hydrogen (secondary N) is 2. The number of hydrogen-bond acceptors (Lipinski definition) is 5. The van der Waals surface area contributed by atoms with Crippen LogP contribution >= 0.6 is 11.8 Å². The first-order valence-corrected chi connectivity index (χ1v) is 7.41. The minimum atomic E-state index is 0.576. The molecular weight excluding hydrogens is 232 g/mol. The summed E-state index contributed by atoms with van der Waals surface area (Å²) in [4.78, 5) is 9.16. The molecule has 1 aromatic heterocycles. The van der Waals surface area contributed by atoms with E-state index in [9.17, 15) is 0 Å². The van der Waals surface area contributed by atoms with E-state index in [0.717, 1.165) is 17.5 Å². The molecule has 0 amide bonds. The Balaban J connectivity index is 1.78. The molecule has 1 saturated carbocycles. The number of aromatic nitrogens is 2. The van der Waals surface area contributed by atoms with Crippen LogP contribution in [0.25, 0.3) is 0 Å². The average Bonchev–Trinajstić information content (AvgIpc) is 3.09. The Morgan fingerprint density at radius 1 is 1.24 bits per heavy atom. The second-order valence-corrected chi connectivity index (χ2v) is 5.88. The predicted molar refractivity (Wildman–Crippen MR) is 72.9 cm³/mol. The van der Waals surface area contributed by atoms with Gasteiger partial charge in [-0.3, -0.25) is 0 Å². The molecule has 0 spiro atoms. The van der Waals surface area contributed by atoms with Crippen LogP contribution in [0.2, 0.25) is 0 Å². The molecule has 4 nitrogen and oxygen atoms in total. The number of rotatable bonds is 4. The van der Waals surface area contributed by atoms with E-state index in [1.165, 1.54) is 30.8 Å². The SMILES string of the molecule is CNc1cc(NC2CCSC2)nc(C2CC2)n1. The quantitative estimate of drug-likeness (QED) is 0.859. The lowest BCUT2D eigenvalue weighted by Crippen LogP contribution is -2.19. The summed E-state index contributed by atoms with van der Waals surface area (Å²) in [7, 11) is 1.91. The smallest absolute Gasteiger partial charge is 0.136 e. The fourth-order valence-corrected chi connectivity index (χ4v) is 3.20. The molecule has 1 aliphatic carbocycles. The van der Waals surface area contributed by atoms with Crippen LogP contribution in [0, 0.1) is 0 Å². The second-order valence-electron chi connectivity index (χ2n) is 4.73. The maximum atomic E-state index is 4.64. The normalized spacial score (nSPS) is 23.7. The monoisotopic (exact) mass is 250 g/mol. The van der Waals surface area contributed by atoms with E-state index in [0.29, 0.717) is 12.0 Å². The standard InChI is InChI=1S/C12H18N4S/c1-13-10-6-11(14-9-4-5-17-7-9)16-12(15-10)8-2-3-8/h6,8-9H,2-5,7H2,1H3,(H2,13,14,15,16). The van der Waals surface area contributed by atoms with Crippen molar-refractivity contribution in [1.29, 1.82) is 0 Å². The molecule has 0 bridgehead atoms. The van der Waals surface area contributed by atoms with Gasteiger partial charge in [-0.15, -0.1) is 0 Å². The van der Waals surface area contributed by atoms with Crippen LogP contribution in [0.4, 0.5) is 11.6 Å². The highest BCUT2D eigenvalue weighted by Crippen LogP contribution is 2.39. The summed E-state index contributed by atoms with van der Waals surface area (Å²) in [6.07, 6.45) is 3.72. The highest BCUT2D eigenvalue weighted by molar-refractivity contribution is 7.99. The van der Waals surface area contributed by atoms with Gasteiger partial charge in [-0.05, 0) is 25.0 Å². The van der Waals surface area contributed by atoms with E-state index in [2.05, 4.69) is 20.6 Å². The van der Waals surface area contributed by atoms with Gasteiger partial charge in [-0.25, -0.2) is 9.97 Å². The maximum absolute atomic E-state index is 4.64. The van der Waals surface area contributed by atoms with Gasteiger partial charge in [-0.1, -0.05) is 0 Å². The predicted octanol–water partition coefficient (Wildman–Crippen LogP) is 2.31. The molecule has 3 rings (SSSR count). The van der Waals surface area contributed by atoms with Crippen molar-refractivity contribution in [3.8, 4) is 0 Å². The third-order valence-corrected chi connectivity index (χ3v) is 4.39. The summed E-state index contributed by atoms with van der Waals surface area (Å²) >= 11 is 2.01. The van der Waals surface area contributed by atoms with Crippen LogP contribution in [-0.2, 0) is 0 Å². The minimum Gasteiger partial charge on any atom is -0.373 e. The van der Waals surface area contributed by atoms with Crippen molar-refractivity contribution in [2.45, 2.75) is 31.2 Å².